The number of nitrogen functional groups attached to an aromatic ring is 1. The Hall–Kier alpha value is -1.71. The summed E-state index contributed by atoms with van der Waals surface area (Å²) < 4.78 is 5.38. The highest BCUT2D eigenvalue weighted by molar-refractivity contribution is 5.77. The van der Waals surface area contributed by atoms with Gasteiger partial charge in [-0.15, -0.1) is 0 Å². The van der Waals surface area contributed by atoms with Crippen molar-refractivity contribution in [1.82, 2.24) is 5.32 Å². The van der Waals surface area contributed by atoms with E-state index in [0.29, 0.717) is 16.9 Å². The van der Waals surface area contributed by atoms with Gasteiger partial charge in [-0.3, -0.25) is 4.79 Å². The largest absolute Gasteiger partial charge is 0.482 e. The first-order valence-electron chi connectivity index (χ1n) is 6.33. The van der Waals surface area contributed by atoms with Gasteiger partial charge in [0.1, 0.15) is 5.75 Å². The fraction of sp³-hybridized carbons (Fsp3) is 0.500. The zero-order valence-corrected chi connectivity index (χ0v) is 10.7. The molecule has 0 aliphatic heterocycles. The van der Waals surface area contributed by atoms with E-state index in [0.717, 1.165) is 6.54 Å². The quantitative estimate of drug-likeness (QED) is 0.783. The number of hydrogen-bond donors (Lipinski definition) is 2. The minimum Gasteiger partial charge on any atom is -0.482 e. The molecule has 98 valence electrons. The van der Waals surface area contributed by atoms with Crippen LogP contribution in [0.1, 0.15) is 26.2 Å². The van der Waals surface area contributed by atoms with Gasteiger partial charge in [-0.25, -0.2) is 0 Å². The van der Waals surface area contributed by atoms with Crippen molar-refractivity contribution in [2.24, 2.45) is 5.41 Å². The first kappa shape index (κ1) is 12.7. The summed E-state index contributed by atoms with van der Waals surface area (Å²) in [6, 6.07) is 7.18. The summed E-state index contributed by atoms with van der Waals surface area (Å²) >= 11 is 0. The van der Waals surface area contributed by atoms with E-state index in [1.807, 2.05) is 12.1 Å². The highest BCUT2D eigenvalue weighted by atomic mass is 16.5. The number of amides is 1. The molecule has 0 radical (unpaired) electrons. The van der Waals surface area contributed by atoms with E-state index in [9.17, 15) is 4.79 Å². The van der Waals surface area contributed by atoms with Gasteiger partial charge < -0.3 is 15.8 Å². The Morgan fingerprint density at radius 3 is 2.78 bits per heavy atom. The Balaban J connectivity index is 1.73. The second-order valence-corrected chi connectivity index (χ2v) is 5.27. The van der Waals surface area contributed by atoms with Gasteiger partial charge in [-0.05, 0) is 30.4 Å². The molecule has 2 rings (SSSR count). The molecule has 0 heterocycles. The summed E-state index contributed by atoms with van der Waals surface area (Å²) in [5.74, 6) is 0.467. The smallest absolute Gasteiger partial charge is 0.257 e. The van der Waals surface area contributed by atoms with Crippen molar-refractivity contribution in [3.63, 3.8) is 0 Å². The lowest BCUT2D eigenvalue weighted by Gasteiger charge is -2.38. The molecule has 18 heavy (non-hydrogen) atoms. The molecule has 0 aromatic heterocycles. The average molecular weight is 248 g/mol. The Bertz CT molecular complexity index is 428. The average Bonchev–Trinajstić information content (AvgIpc) is 2.33. The van der Waals surface area contributed by atoms with Crippen LogP contribution in [0.5, 0.6) is 5.75 Å². The standard InChI is InChI=1S/C14H20N2O2/c1-14(7-4-8-14)10-16-13(17)9-18-12-6-3-2-5-11(12)15/h2-3,5-6H,4,7-10,15H2,1H3,(H,16,17). The molecule has 4 heteroatoms. The van der Waals surface area contributed by atoms with Crippen molar-refractivity contribution in [3.8, 4) is 5.75 Å². The molecule has 1 aliphatic carbocycles. The third-order valence-electron chi connectivity index (χ3n) is 3.55. The number of hydrogen-bond acceptors (Lipinski definition) is 3. The monoisotopic (exact) mass is 248 g/mol. The van der Waals surface area contributed by atoms with Gasteiger partial charge in [0.2, 0.25) is 0 Å². The Morgan fingerprint density at radius 1 is 1.44 bits per heavy atom. The van der Waals surface area contributed by atoms with E-state index in [-0.39, 0.29) is 12.5 Å². The zero-order valence-electron chi connectivity index (χ0n) is 10.7. The summed E-state index contributed by atoms with van der Waals surface area (Å²) in [7, 11) is 0. The highest BCUT2D eigenvalue weighted by Crippen LogP contribution is 2.39. The lowest BCUT2D eigenvalue weighted by Crippen LogP contribution is -2.41. The molecule has 1 fully saturated rings. The summed E-state index contributed by atoms with van der Waals surface area (Å²) in [6.45, 7) is 2.95. The number of nitrogens with two attached hydrogens (primary N) is 1. The van der Waals surface area contributed by atoms with Crippen LogP contribution in [0.3, 0.4) is 0 Å². The summed E-state index contributed by atoms with van der Waals surface area (Å²) in [5.41, 5.74) is 6.57. The van der Waals surface area contributed by atoms with Crippen LogP contribution in [0.4, 0.5) is 5.69 Å². The molecule has 1 aromatic rings. The molecular weight excluding hydrogens is 228 g/mol. The lowest BCUT2D eigenvalue weighted by atomic mass is 9.70. The van der Waals surface area contributed by atoms with Crippen LogP contribution in [0, 0.1) is 5.41 Å². The minimum absolute atomic E-state index is 0.0181. The Kier molecular flexibility index (Phi) is 3.75. The normalized spacial score (nSPS) is 16.7. The SMILES string of the molecule is CC1(CNC(=O)COc2ccccc2N)CCC1. The Labute approximate surface area is 108 Å². The van der Waals surface area contributed by atoms with E-state index in [4.69, 9.17) is 10.5 Å². The van der Waals surface area contributed by atoms with Gasteiger partial charge in [-0.2, -0.15) is 0 Å². The molecule has 1 saturated carbocycles. The minimum atomic E-state index is -0.0913. The van der Waals surface area contributed by atoms with E-state index in [1.165, 1.54) is 19.3 Å². The van der Waals surface area contributed by atoms with Crippen molar-refractivity contribution in [3.05, 3.63) is 24.3 Å². The number of rotatable bonds is 5. The van der Waals surface area contributed by atoms with Gasteiger partial charge in [0.15, 0.2) is 6.61 Å². The molecule has 0 spiro atoms. The number of anilines is 1. The van der Waals surface area contributed by atoms with Crippen molar-refractivity contribution in [1.29, 1.82) is 0 Å². The molecular formula is C14H20N2O2. The fourth-order valence-corrected chi connectivity index (χ4v) is 2.08. The van der Waals surface area contributed by atoms with Gasteiger partial charge in [0, 0.05) is 6.54 Å². The van der Waals surface area contributed by atoms with Gasteiger partial charge in [0.25, 0.3) is 5.91 Å². The molecule has 1 aromatic carbocycles. The van der Waals surface area contributed by atoms with E-state index in [1.54, 1.807) is 12.1 Å². The number of carbonyl (C=O) groups excluding carboxylic acids is 1. The first-order valence-corrected chi connectivity index (χ1v) is 6.33. The number of nitrogens with one attached hydrogen (secondary N) is 1. The van der Waals surface area contributed by atoms with E-state index < -0.39 is 0 Å². The summed E-state index contributed by atoms with van der Waals surface area (Å²) in [4.78, 5) is 11.6. The number of benzene rings is 1. The number of ether oxygens (including phenoxy) is 1. The van der Waals surface area contributed by atoms with E-state index in [2.05, 4.69) is 12.2 Å². The number of carbonyl (C=O) groups is 1. The molecule has 1 amide bonds. The maximum atomic E-state index is 11.6. The van der Waals surface area contributed by atoms with Crippen LogP contribution >= 0.6 is 0 Å². The Morgan fingerprint density at radius 2 is 2.17 bits per heavy atom. The van der Waals surface area contributed by atoms with Crippen LogP contribution in [0.25, 0.3) is 0 Å². The second-order valence-electron chi connectivity index (χ2n) is 5.27. The predicted octanol–water partition coefficient (Wildman–Crippen LogP) is 1.95. The molecule has 1 aliphatic rings. The first-order chi connectivity index (χ1) is 8.59. The summed E-state index contributed by atoms with van der Waals surface area (Å²) in [5, 5.41) is 2.91. The van der Waals surface area contributed by atoms with Gasteiger partial charge in [0.05, 0.1) is 5.69 Å². The van der Waals surface area contributed by atoms with Crippen LogP contribution < -0.4 is 15.8 Å². The molecule has 0 unspecified atom stereocenters. The molecule has 0 atom stereocenters. The van der Waals surface area contributed by atoms with Crippen molar-refractivity contribution in [2.75, 3.05) is 18.9 Å². The maximum Gasteiger partial charge on any atom is 0.257 e. The zero-order chi connectivity index (χ0) is 13.0. The third-order valence-corrected chi connectivity index (χ3v) is 3.55. The van der Waals surface area contributed by atoms with Crippen LogP contribution in [-0.4, -0.2) is 19.1 Å². The van der Waals surface area contributed by atoms with Gasteiger partial charge in [-0.1, -0.05) is 25.5 Å². The van der Waals surface area contributed by atoms with Crippen LogP contribution in [-0.2, 0) is 4.79 Å². The van der Waals surface area contributed by atoms with Crippen molar-refractivity contribution in [2.45, 2.75) is 26.2 Å². The molecule has 0 saturated heterocycles. The van der Waals surface area contributed by atoms with Gasteiger partial charge >= 0.3 is 0 Å². The van der Waals surface area contributed by atoms with Crippen LogP contribution in [0.15, 0.2) is 24.3 Å². The van der Waals surface area contributed by atoms with Crippen molar-refractivity contribution >= 4 is 11.6 Å². The highest BCUT2D eigenvalue weighted by Gasteiger charge is 2.31. The third kappa shape index (κ3) is 3.15. The predicted molar refractivity (Wildman–Crippen MR) is 71.3 cm³/mol. The second kappa shape index (κ2) is 5.29. The van der Waals surface area contributed by atoms with E-state index >= 15 is 0 Å². The molecule has 4 nitrogen and oxygen atoms in total. The number of para-hydroxylation sites is 2. The topological polar surface area (TPSA) is 64.3 Å². The van der Waals surface area contributed by atoms with Crippen molar-refractivity contribution < 1.29 is 9.53 Å². The molecule has 0 bridgehead atoms. The van der Waals surface area contributed by atoms with Crippen LogP contribution in [0.2, 0.25) is 0 Å². The summed E-state index contributed by atoms with van der Waals surface area (Å²) in [6.07, 6.45) is 3.66. The maximum absolute atomic E-state index is 11.6. The fourth-order valence-electron chi connectivity index (χ4n) is 2.08. The lowest BCUT2D eigenvalue weighted by molar-refractivity contribution is -0.123. The molecule has 3 N–H and O–H groups in total.